The van der Waals surface area contributed by atoms with Crippen molar-refractivity contribution in [3.05, 3.63) is 65.1 Å². The van der Waals surface area contributed by atoms with Gasteiger partial charge in [0.05, 0.1) is 24.1 Å². The number of aliphatic imine (C=N–C) groups is 1. The Morgan fingerprint density at radius 1 is 1.27 bits per heavy atom. The number of carbonyl (C=O) groups excluding carboxylic acids is 1. The largest absolute Gasteiger partial charge is 0.490 e. The molecule has 2 aliphatic heterocycles. The highest BCUT2D eigenvalue weighted by Gasteiger charge is 2.29. The van der Waals surface area contributed by atoms with Gasteiger partial charge in [-0.05, 0) is 64.8 Å². The summed E-state index contributed by atoms with van der Waals surface area (Å²) in [5.41, 5.74) is 7.98. The van der Waals surface area contributed by atoms with Crippen molar-refractivity contribution in [1.82, 2.24) is 20.1 Å². The number of amides is 1. The van der Waals surface area contributed by atoms with Gasteiger partial charge in [-0.2, -0.15) is 0 Å². The first-order chi connectivity index (χ1) is 19.3. The topological polar surface area (TPSA) is 105 Å². The van der Waals surface area contributed by atoms with Gasteiger partial charge < -0.3 is 25.4 Å². The first kappa shape index (κ1) is 29.5. The molecular weight excluding hydrogens is 511 g/mol. The van der Waals surface area contributed by atoms with Crippen LogP contribution in [-0.2, 0) is 13.0 Å². The number of nitrogens with two attached hydrogens (primary N) is 1. The van der Waals surface area contributed by atoms with Gasteiger partial charge in [-0.15, -0.1) is 0 Å². The fraction of sp³-hybridized carbons (Fsp3) is 0.500. The van der Waals surface area contributed by atoms with E-state index in [2.05, 4.69) is 20.2 Å². The fourth-order valence-electron chi connectivity index (χ4n) is 5.31. The normalized spacial score (nSPS) is 17.6. The van der Waals surface area contributed by atoms with Crippen molar-refractivity contribution in [2.24, 2.45) is 10.7 Å². The predicted molar refractivity (Wildman–Crippen MR) is 154 cm³/mol. The van der Waals surface area contributed by atoms with E-state index in [1.54, 1.807) is 11.1 Å². The van der Waals surface area contributed by atoms with Gasteiger partial charge in [-0.1, -0.05) is 0 Å². The highest BCUT2D eigenvalue weighted by molar-refractivity contribution is 5.97. The Hall–Kier alpha value is -3.50. The van der Waals surface area contributed by atoms with E-state index in [4.69, 9.17) is 15.2 Å². The molecule has 1 amide bonds. The zero-order chi connectivity index (χ0) is 28.6. The van der Waals surface area contributed by atoms with Gasteiger partial charge in [0.1, 0.15) is 29.2 Å². The molecule has 0 saturated carbocycles. The van der Waals surface area contributed by atoms with E-state index in [1.165, 1.54) is 24.5 Å². The minimum Gasteiger partial charge on any atom is -0.490 e. The molecule has 40 heavy (non-hydrogen) atoms. The van der Waals surface area contributed by atoms with Gasteiger partial charge >= 0.3 is 0 Å². The van der Waals surface area contributed by atoms with Crippen molar-refractivity contribution in [2.75, 3.05) is 26.2 Å². The molecule has 1 saturated heterocycles. The molecule has 0 aliphatic carbocycles. The number of nitrogens with one attached hydrogen (secondary N) is 1. The highest BCUT2D eigenvalue weighted by atomic mass is 19.1. The molecule has 1 aromatic heterocycles. The quantitative estimate of drug-likeness (QED) is 0.262. The third-order valence-corrected chi connectivity index (χ3v) is 7.58. The van der Waals surface area contributed by atoms with Gasteiger partial charge in [0.25, 0.3) is 5.91 Å². The molecule has 216 valence electrons. The molecule has 2 aliphatic rings. The van der Waals surface area contributed by atoms with Gasteiger partial charge in [0.15, 0.2) is 0 Å². The molecule has 0 bridgehead atoms. The van der Waals surface area contributed by atoms with Crippen LogP contribution >= 0.6 is 0 Å². The van der Waals surface area contributed by atoms with E-state index < -0.39 is 5.82 Å². The summed E-state index contributed by atoms with van der Waals surface area (Å²) in [5.74, 6) is 0.935. The predicted octanol–water partition coefficient (Wildman–Crippen LogP) is 3.88. The van der Waals surface area contributed by atoms with Crippen molar-refractivity contribution in [3.63, 3.8) is 0 Å². The second-order valence-electron chi connectivity index (χ2n) is 10.4. The summed E-state index contributed by atoms with van der Waals surface area (Å²) in [7, 11) is 0. The van der Waals surface area contributed by atoms with Crippen LogP contribution in [0, 0.1) is 5.82 Å². The van der Waals surface area contributed by atoms with Gasteiger partial charge in [-0.25, -0.2) is 9.38 Å². The van der Waals surface area contributed by atoms with Crippen LogP contribution < -0.4 is 20.5 Å². The van der Waals surface area contributed by atoms with Crippen LogP contribution in [0.25, 0.3) is 0 Å². The zero-order valence-corrected chi connectivity index (χ0v) is 23.9. The molecule has 1 aromatic carbocycles. The number of pyridine rings is 1. The minimum absolute atomic E-state index is 0.0400. The second-order valence-corrected chi connectivity index (χ2v) is 10.4. The van der Waals surface area contributed by atoms with Crippen molar-refractivity contribution in [1.29, 1.82) is 0 Å². The molecular formula is C30H41FN6O3. The van der Waals surface area contributed by atoms with Crippen molar-refractivity contribution < 1.29 is 18.7 Å². The maximum atomic E-state index is 14.2. The van der Waals surface area contributed by atoms with Gasteiger partial charge in [0.2, 0.25) is 0 Å². The van der Waals surface area contributed by atoms with Crippen molar-refractivity contribution in [2.45, 2.75) is 71.7 Å². The summed E-state index contributed by atoms with van der Waals surface area (Å²) in [6, 6.07) is 5.77. The summed E-state index contributed by atoms with van der Waals surface area (Å²) >= 11 is 0. The van der Waals surface area contributed by atoms with E-state index in [1.807, 2.05) is 40.0 Å². The minimum atomic E-state index is -0.498. The molecule has 4 rings (SSSR count). The van der Waals surface area contributed by atoms with E-state index in [9.17, 15) is 9.18 Å². The number of piperidine rings is 1. The van der Waals surface area contributed by atoms with Crippen LogP contribution in [0.4, 0.5) is 4.39 Å². The molecule has 0 radical (unpaired) electrons. The Labute approximate surface area is 236 Å². The number of fused-ring (bicyclic) bond motifs is 1. The summed E-state index contributed by atoms with van der Waals surface area (Å²) in [5, 5.41) is 3.41. The number of rotatable bonds is 10. The maximum absolute atomic E-state index is 14.2. The number of hydrogen-bond donors (Lipinski definition) is 2. The van der Waals surface area contributed by atoms with Crippen LogP contribution in [0.2, 0.25) is 0 Å². The first-order valence-corrected chi connectivity index (χ1v) is 14.1. The number of hydrogen-bond acceptors (Lipinski definition) is 7. The summed E-state index contributed by atoms with van der Waals surface area (Å²) in [4.78, 5) is 25.9. The molecule has 1 atom stereocenters. The Balaban J connectivity index is 1.46. The van der Waals surface area contributed by atoms with Crippen molar-refractivity contribution in [3.8, 4) is 11.5 Å². The molecule has 1 fully saturated rings. The molecule has 10 heteroatoms. The number of benzene rings is 1. The van der Waals surface area contributed by atoms with E-state index in [0.29, 0.717) is 12.3 Å². The standard InChI is InChI=1S/C30H41FN6O3/c1-5-37(20(2)3)30(38)24-16-22(31)6-7-27(24)40-29(18-34-19-32)21(4)36-14-10-23(11-15-36)39-28-9-13-35-26-8-12-33-17-25(26)28/h6-7,9,13,16,18-21,23,33H,5,8,10-12,14-15,17H2,1-4H3,(H2,32,34)/b29-18+. The van der Waals surface area contributed by atoms with Gasteiger partial charge in [-0.3, -0.25) is 14.7 Å². The summed E-state index contributed by atoms with van der Waals surface area (Å²) < 4.78 is 27.0. The molecule has 2 aromatic rings. The number of ether oxygens (including phenoxy) is 2. The monoisotopic (exact) mass is 552 g/mol. The summed E-state index contributed by atoms with van der Waals surface area (Å²) in [6.45, 7) is 11.6. The van der Waals surface area contributed by atoms with E-state index in [-0.39, 0.29) is 35.4 Å². The van der Waals surface area contributed by atoms with E-state index in [0.717, 1.165) is 62.4 Å². The van der Waals surface area contributed by atoms with Crippen LogP contribution in [0.1, 0.15) is 62.2 Å². The fourth-order valence-corrected chi connectivity index (χ4v) is 5.31. The maximum Gasteiger partial charge on any atom is 0.257 e. The smallest absolute Gasteiger partial charge is 0.257 e. The van der Waals surface area contributed by atoms with Gasteiger partial charge in [0, 0.05) is 62.6 Å². The van der Waals surface area contributed by atoms with Crippen LogP contribution in [0.15, 0.2) is 47.4 Å². The third kappa shape index (κ3) is 6.98. The molecule has 1 unspecified atom stereocenters. The number of aromatic nitrogens is 1. The second kappa shape index (κ2) is 13.7. The summed E-state index contributed by atoms with van der Waals surface area (Å²) in [6.07, 6.45) is 7.29. The Morgan fingerprint density at radius 3 is 2.75 bits per heavy atom. The number of likely N-dealkylation sites (tertiary alicyclic amines) is 1. The lowest BCUT2D eigenvalue weighted by molar-refractivity contribution is 0.0704. The lowest BCUT2D eigenvalue weighted by Crippen LogP contribution is -2.44. The highest BCUT2D eigenvalue weighted by Crippen LogP contribution is 2.29. The number of nitrogens with zero attached hydrogens (tertiary/aromatic N) is 4. The molecule has 3 N–H and O–H groups in total. The zero-order valence-electron chi connectivity index (χ0n) is 23.9. The number of carbonyl (C=O) groups is 1. The van der Waals surface area contributed by atoms with Crippen LogP contribution in [-0.4, -0.2) is 71.4 Å². The Bertz CT molecular complexity index is 1230. The molecule has 0 spiro atoms. The Kier molecular flexibility index (Phi) is 10.1. The molecule has 3 heterocycles. The Morgan fingerprint density at radius 2 is 2.05 bits per heavy atom. The average Bonchev–Trinajstić information content (AvgIpc) is 2.96. The SMILES string of the molecule is CCN(C(=O)c1cc(F)ccc1O/C(=C/N=CN)C(C)N1CCC(Oc2ccnc3c2CNCC3)CC1)C(C)C. The number of halogens is 1. The average molecular weight is 553 g/mol. The molecule has 9 nitrogen and oxygen atoms in total. The van der Waals surface area contributed by atoms with Crippen LogP contribution in [0.3, 0.4) is 0 Å². The van der Waals surface area contributed by atoms with E-state index >= 15 is 0 Å². The lowest BCUT2D eigenvalue weighted by atomic mass is 10.0. The third-order valence-electron chi connectivity index (χ3n) is 7.58. The first-order valence-electron chi connectivity index (χ1n) is 14.1. The van der Waals surface area contributed by atoms with Crippen LogP contribution in [0.5, 0.6) is 11.5 Å². The van der Waals surface area contributed by atoms with Crippen molar-refractivity contribution >= 4 is 12.2 Å². The lowest BCUT2D eigenvalue weighted by Gasteiger charge is -2.37.